The van der Waals surface area contributed by atoms with Gasteiger partial charge in [-0.25, -0.2) is 0 Å². The zero-order chi connectivity index (χ0) is 10.4. The van der Waals surface area contributed by atoms with Crippen molar-refractivity contribution < 1.29 is 5.11 Å². The highest BCUT2D eigenvalue weighted by Crippen LogP contribution is 2.18. The van der Waals surface area contributed by atoms with Crippen LogP contribution < -0.4 is 5.32 Å². The first kappa shape index (κ1) is 11.0. The van der Waals surface area contributed by atoms with Gasteiger partial charge in [0.2, 0.25) is 0 Å². The van der Waals surface area contributed by atoms with Gasteiger partial charge in [-0.2, -0.15) is 0 Å². The highest BCUT2D eigenvalue weighted by atomic mass is 35.5. The van der Waals surface area contributed by atoms with Gasteiger partial charge in [0.05, 0.1) is 19.5 Å². The number of aliphatic hydroxyl groups excluding tert-OH is 1. The number of halogens is 1. The molecule has 0 aliphatic carbocycles. The van der Waals surface area contributed by atoms with E-state index in [0.29, 0.717) is 6.54 Å². The van der Waals surface area contributed by atoms with Crippen molar-refractivity contribution in [2.24, 2.45) is 4.99 Å². The molecule has 2 N–H and O–H groups in total. The number of aryl methyl sites for hydroxylation is 1. The Bertz CT molecular complexity index is 326. The molecule has 0 radical (unpaired) electrons. The lowest BCUT2D eigenvalue weighted by molar-refractivity contribution is 0.307. The second-order valence-corrected chi connectivity index (χ2v) is 3.30. The van der Waals surface area contributed by atoms with Crippen molar-refractivity contribution in [3.05, 3.63) is 28.8 Å². The molecule has 0 heterocycles. The van der Waals surface area contributed by atoms with E-state index in [-0.39, 0.29) is 6.61 Å². The lowest BCUT2D eigenvalue weighted by atomic mass is 10.2. The molecule has 0 fully saturated rings. The SMILES string of the molecule is Cc1cc(Cl)ccc1NC=NCCO. The number of anilines is 1. The molecule has 0 aromatic heterocycles. The first-order valence-electron chi connectivity index (χ1n) is 4.36. The van der Waals surface area contributed by atoms with E-state index in [9.17, 15) is 0 Å². The molecule has 3 nitrogen and oxygen atoms in total. The quantitative estimate of drug-likeness (QED) is 0.593. The van der Waals surface area contributed by atoms with Gasteiger partial charge in [-0.05, 0) is 30.7 Å². The average Bonchev–Trinajstić information content (AvgIpc) is 2.15. The third-order valence-electron chi connectivity index (χ3n) is 1.73. The van der Waals surface area contributed by atoms with Crippen molar-refractivity contribution in [2.75, 3.05) is 18.5 Å². The Balaban J connectivity index is 2.59. The molecule has 0 spiro atoms. The third kappa shape index (κ3) is 3.36. The summed E-state index contributed by atoms with van der Waals surface area (Å²) in [6, 6.07) is 5.59. The summed E-state index contributed by atoms with van der Waals surface area (Å²) in [6.07, 6.45) is 1.58. The molecule has 0 saturated heterocycles. The van der Waals surface area contributed by atoms with Crippen LogP contribution in [0.5, 0.6) is 0 Å². The van der Waals surface area contributed by atoms with Crippen molar-refractivity contribution in [3.8, 4) is 0 Å². The Morgan fingerprint density at radius 2 is 2.36 bits per heavy atom. The predicted octanol–water partition coefficient (Wildman–Crippen LogP) is 2.08. The highest BCUT2D eigenvalue weighted by molar-refractivity contribution is 6.30. The van der Waals surface area contributed by atoms with Gasteiger partial charge in [0.25, 0.3) is 0 Å². The van der Waals surface area contributed by atoms with Crippen LogP contribution in [0.1, 0.15) is 5.56 Å². The van der Waals surface area contributed by atoms with Crippen molar-refractivity contribution >= 4 is 23.6 Å². The van der Waals surface area contributed by atoms with E-state index < -0.39 is 0 Å². The molecule has 1 rings (SSSR count). The minimum absolute atomic E-state index is 0.0672. The summed E-state index contributed by atoms with van der Waals surface area (Å²) < 4.78 is 0. The van der Waals surface area contributed by atoms with Crippen LogP contribution in [0.4, 0.5) is 5.69 Å². The number of nitrogens with zero attached hydrogens (tertiary/aromatic N) is 1. The Morgan fingerprint density at radius 3 is 3.00 bits per heavy atom. The van der Waals surface area contributed by atoms with Crippen LogP contribution in [-0.2, 0) is 0 Å². The average molecular weight is 213 g/mol. The Kier molecular flexibility index (Phi) is 4.43. The van der Waals surface area contributed by atoms with Gasteiger partial charge in [0.1, 0.15) is 0 Å². The third-order valence-corrected chi connectivity index (χ3v) is 1.96. The first-order chi connectivity index (χ1) is 6.74. The summed E-state index contributed by atoms with van der Waals surface area (Å²) in [7, 11) is 0. The van der Waals surface area contributed by atoms with Crippen LogP contribution >= 0.6 is 11.6 Å². The molecule has 0 unspecified atom stereocenters. The van der Waals surface area contributed by atoms with Crippen molar-refractivity contribution in [1.29, 1.82) is 0 Å². The molecular formula is C10H13ClN2O. The van der Waals surface area contributed by atoms with Gasteiger partial charge in [0.15, 0.2) is 0 Å². The number of hydrogen-bond donors (Lipinski definition) is 2. The summed E-state index contributed by atoms with van der Waals surface area (Å²) in [6.45, 7) is 2.45. The highest BCUT2D eigenvalue weighted by Gasteiger charge is 1.95. The number of aliphatic hydroxyl groups is 1. The molecule has 4 heteroatoms. The molecule has 1 aromatic rings. The summed E-state index contributed by atoms with van der Waals surface area (Å²) in [5, 5.41) is 12.2. The fraction of sp³-hybridized carbons (Fsp3) is 0.300. The van der Waals surface area contributed by atoms with Gasteiger partial charge in [-0.3, -0.25) is 4.99 Å². The molecule has 0 atom stereocenters. The number of rotatable bonds is 4. The molecular weight excluding hydrogens is 200 g/mol. The van der Waals surface area contributed by atoms with Gasteiger partial charge in [-0.15, -0.1) is 0 Å². The van der Waals surface area contributed by atoms with E-state index in [1.165, 1.54) is 0 Å². The lowest BCUT2D eigenvalue weighted by Gasteiger charge is -2.04. The number of nitrogens with one attached hydrogen (secondary N) is 1. The molecule has 0 aliphatic heterocycles. The van der Waals surface area contributed by atoms with Gasteiger partial charge < -0.3 is 10.4 Å². The number of aliphatic imine (C=N–C) groups is 1. The second-order valence-electron chi connectivity index (χ2n) is 2.86. The van der Waals surface area contributed by atoms with Gasteiger partial charge in [0, 0.05) is 10.7 Å². The smallest absolute Gasteiger partial charge is 0.0868 e. The van der Waals surface area contributed by atoms with Crippen molar-refractivity contribution in [3.63, 3.8) is 0 Å². The van der Waals surface area contributed by atoms with Gasteiger partial charge >= 0.3 is 0 Å². The van der Waals surface area contributed by atoms with E-state index >= 15 is 0 Å². The molecule has 14 heavy (non-hydrogen) atoms. The number of hydrogen-bond acceptors (Lipinski definition) is 2. The van der Waals surface area contributed by atoms with Crippen molar-refractivity contribution in [1.82, 2.24) is 0 Å². The van der Waals surface area contributed by atoms with E-state index in [2.05, 4.69) is 10.3 Å². The molecule has 0 aliphatic rings. The molecule has 0 amide bonds. The largest absolute Gasteiger partial charge is 0.394 e. The zero-order valence-electron chi connectivity index (χ0n) is 8.00. The second kappa shape index (κ2) is 5.62. The zero-order valence-corrected chi connectivity index (χ0v) is 8.75. The van der Waals surface area contributed by atoms with Crippen molar-refractivity contribution in [2.45, 2.75) is 6.92 Å². The van der Waals surface area contributed by atoms with Crippen LogP contribution in [0.25, 0.3) is 0 Å². The van der Waals surface area contributed by atoms with Crippen LogP contribution in [0.2, 0.25) is 5.02 Å². The molecule has 0 bridgehead atoms. The maximum Gasteiger partial charge on any atom is 0.0868 e. The van der Waals surface area contributed by atoms with E-state index in [1.807, 2.05) is 25.1 Å². The maximum absolute atomic E-state index is 8.50. The summed E-state index contributed by atoms with van der Waals surface area (Å²) in [5.41, 5.74) is 2.03. The Labute approximate surface area is 88.4 Å². The maximum atomic E-state index is 8.50. The lowest BCUT2D eigenvalue weighted by Crippen LogP contribution is -1.99. The summed E-state index contributed by atoms with van der Waals surface area (Å²) in [5.74, 6) is 0. The van der Waals surface area contributed by atoms with E-state index in [0.717, 1.165) is 16.3 Å². The Morgan fingerprint density at radius 1 is 1.57 bits per heavy atom. The number of benzene rings is 1. The molecule has 76 valence electrons. The van der Waals surface area contributed by atoms with Crippen LogP contribution in [0.15, 0.2) is 23.2 Å². The van der Waals surface area contributed by atoms with E-state index in [4.69, 9.17) is 16.7 Å². The van der Waals surface area contributed by atoms with Crippen LogP contribution in [-0.4, -0.2) is 24.6 Å². The van der Waals surface area contributed by atoms with Crippen LogP contribution in [0, 0.1) is 6.92 Å². The molecule has 1 aromatic carbocycles. The first-order valence-corrected chi connectivity index (χ1v) is 4.73. The Hall–Kier alpha value is -1.06. The standard InChI is InChI=1S/C10H13ClN2O/c1-8-6-9(11)2-3-10(8)13-7-12-4-5-14/h2-3,6-7,14H,4-5H2,1H3,(H,12,13). The normalized spacial score (nSPS) is 10.8. The predicted molar refractivity (Wildman–Crippen MR) is 60.3 cm³/mol. The minimum atomic E-state index is 0.0672. The fourth-order valence-corrected chi connectivity index (χ4v) is 1.25. The summed E-state index contributed by atoms with van der Waals surface area (Å²) in [4.78, 5) is 3.93. The minimum Gasteiger partial charge on any atom is -0.394 e. The monoisotopic (exact) mass is 212 g/mol. The molecule has 0 saturated carbocycles. The topological polar surface area (TPSA) is 44.6 Å². The van der Waals surface area contributed by atoms with Gasteiger partial charge in [-0.1, -0.05) is 11.6 Å². The van der Waals surface area contributed by atoms with Crippen LogP contribution in [0.3, 0.4) is 0 Å². The summed E-state index contributed by atoms with van der Waals surface area (Å²) >= 11 is 5.81. The van der Waals surface area contributed by atoms with E-state index in [1.54, 1.807) is 6.34 Å². The fourth-order valence-electron chi connectivity index (χ4n) is 1.03.